The second-order valence-electron chi connectivity index (χ2n) is 6.38. The van der Waals surface area contributed by atoms with Crippen LogP contribution in [0.5, 0.6) is 0 Å². The van der Waals surface area contributed by atoms with E-state index in [9.17, 15) is 4.79 Å². The second kappa shape index (κ2) is 6.49. The molecule has 0 spiro atoms. The van der Waals surface area contributed by atoms with Crippen LogP contribution in [0.15, 0.2) is 22.7 Å². The van der Waals surface area contributed by atoms with Gasteiger partial charge in [-0.05, 0) is 68.8 Å². The molecule has 1 aromatic rings. The van der Waals surface area contributed by atoms with Crippen molar-refractivity contribution in [2.75, 3.05) is 19.6 Å². The first-order chi connectivity index (χ1) is 10.1. The van der Waals surface area contributed by atoms with Gasteiger partial charge in [-0.25, -0.2) is 0 Å². The summed E-state index contributed by atoms with van der Waals surface area (Å²) in [5.41, 5.74) is 1.92. The van der Waals surface area contributed by atoms with E-state index in [0.717, 1.165) is 47.4 Å². The molecule has 1 aromatic carbocycles. The van der Waals surface area contributed by atoms with E-state index < -0.39 is 0 Å². The molecule has 1 saturated heterocycles. The lowest BCUT2D eigenvalue weighted by Crippen LogP contribution is -2.45. The van der Waals surface area contributed by atoms with E-state index in [2.05, 4.69) is 21.2 Å². The molecule has 1 heterocycles. The molecule has 1 aliphatic heterocycles. The summed E-state index contributed by atoms with van der Waals surface area (Å²) in [6, 6.07) is 6.45. The second-order valence-corrected chi connectivity index (χ2v) is 7.24. The fraction of sp³-hybridized carbons (Fsp3) is 0.588. The Balaban J connectivity index is 1.52. The Hall–Kier alpha value is -0.870. The summed E-state index contributed by atoms with van der Waals surface area (Å²) in [5.74, 6) is 1.10. The molecule has 0 atom stereocenters. The topological polar surface area (TPSA) is 32.3 Å². The maximum absolute atomic E-state index is 12.5. The van der Waals surface area contributed by atoms with Crippen LogP contribution in [0.1, 0.15) is 41.6 Å². The smallest absolute Gasteiger partial charge is 0.253 e. The SMILES string of the molecule is Cc1cc(C(=O)N2CCC(NCC3CC3)CC2)ccc1Br. The van der Waals surface area contributed by atoms with E-state index in [0.29, 0.717) is 6.04 Å². The number of amides is 1. The fourth-order valence-corrected chi connectivity index (χ4v) is 3.15. The van der Waals surface area contributed by atoms with Gasteiger partial charge in [-0.3, -0.25) is 4.79 Å². The molecule has 1 N–H and O–H groups in total. The largest absolute Gasteiger partial charge is 0.339 e. The molecule has 0 radical (unpaired) electrons. The summed E-state index contributed by atoms with van der Waals surface area (Å²) in [4.78, 5) is 14.5. The molecule has 1 amide bonds. The van der Waals surface area contributed by atoms with Crippen LogP contribution in [0.25, 0.3) is 0 Å². The zero-order valence-electron chi connectivity index (χ0n) is 12.6. The van der Waals surface area contributed by atoms with Crippen molar-refractivity contribution in [3.8, 4) is 0 Å². The fourth-order valence-electron chi connectivity index (χ4n) is 2.90. The predicted molar refractivity (Wildman–Crippen MR) is 88.5 cm³/mol. The van der Waals surface area contributed by atoms with Gasteiger partial charge >= 0.3 is 0 Å². The number of likely N-dealkylation sites (tertiary alicyclic amines) is 1. The Morgan fingerprint density at radius 3 is 2.62 bits per heavy atom. The highest BCUT2D eigenvalue weighted by molar-refractivity contribution is 9.10. The first kappa shape index (κ1) is 15.0. The molecule has 2 fully saturated rings. The molecule has 0 unspecified atom stereocenters. The van der Waals surface area contributed by atoms with Crippen molar-refractivity contribution in [2.24, 2.45) is 5.92 Å². The van der Waals surface area contributed by atoms with Crippen LogP contribution < -0.4 is 5.32 Å². The van der Waals surface area contributed by atoms with Gasteiger partial charge in [-0.1, -0.05) is 15.9 Å². The Bertz CT molecular complexity index is 520. The van der Waals surface area contributed by atoms with Gasteiger partial charge in [0.2, 0.25) is 0 Å². The lowest BCUT2D eigenvalue weighted by molar-refractivity contribution is 0.0705. The standard InChI is InChI=1S/C17H23BrN2O/c1-12-10-14(4-5-16(12)18)17(21)20-8-6-15(7-9-20)19-11-13-2-3-13/h4-5,10,13,15,19H,2-3,6-9,11H2,1H3. The van der Waals surface area contributed by atoms with E-state index in [1.807, 2.05) is 30.0 Å². The molecule has 0 bridgehead atoms. The highest BCUT2D eigenvalue weighted by atomic mass is 79.9. The average Bonchev–Trinajstić information content (AvgIpc) is 3.32. The van der Waals surface area contributed by atoms with Crippen molar-refractivity contribution < 1.29 is 4.79 Å². The molecule has 2 aliphatic rings. The van der Waals surface area contributed by atoms with Gasteiger partial charge < -0.3 is 10.2 Å². The van der Waals surface area contributed by atoms with Gasteiger partial charge in [-0.15, -0.1) is 0 Å². The van der Waals surface area contributed by atoms with Crippen molar-refractivity contribution >= 4 is 21.8 Å². The molecule has 3 nitrogen and oxygen atoms in total. The minimum Gasteiger partial charge on any atom is -0.339 e. The quantitative estimate of drug-likeness (QED) is 0.902. The summed E-state index contributed by atoms with van der Waals surface area (Å²) in [7, 11) is 0. The predicted octanol–water partition coefficient (Wildman–Crippen LogP) is 3.36. The Morgan fingerprint density at radius 2 is 2.00 bits per heavy atom. The summed E-state index contributed by atoms with van der Waals surface area (Å²) in [6.45, 7) is 4.94. The molecule has 0 aromatic heterocycles. The third-order valence-electron chi connectivity index (χ3n) is 4.58. The number of nitrogens with one attached hydrogen (secondary N) is 1. The van der Waals surface area contributed by atoms with E-state index in [4.69, 9.17) is 0 Å². The minimum atomic E-state index is 0.172. The highest BCUT2D eigenvalue weighted by Crippen LogP contribution is 2.28. The third kappa shape index (κ3) is 3.86. The number of benzene rings is 1. The van der Waals surface area contributed by atoms with Gasteiger partial charge in [-0.2, -0.15) is 0 Å². The lowest BCUT2D eigenvalue weighted by atomic mass is 10.0. The third-order valence-corrected chi connectivity index (χ3v) is 5.47. The number of halogens is 1. The van der Waals surface area contributed by atoms with Crippen LogP contribution in [0.3, 0.4) is 0 Å². The summed E-state index contributed by atoms with van der Waals surface area (Å²) < 4.78 is 1.06. The van der Waals surface area contributed by atoms with Gasteiger partial charge in [0.1, 0.15) is 0 Å². The van der Waals surface area contributed by atoms with E-state index in [1.165, 1.54) is 19.4 Å². The highest BCUT2D eigenvalue weighted by Gasteiger charge is 2.26. The van der Waals surface area contributed by atoms with Gasteiger partial charge in [0.25, 0.3) is 5.91 Å². The molecular formula is C17H23BrN2O. The van der Waals surface area contributed by atoms with Crippen LogP contribution in [-0.4, -0.2) is 36.5 Å². The average molecular weight is 351 g/mol. The summed E-state index contributed by atoms with van der Waals surface area (Å²) in [5, 5.41) is 3.66. The molecular weight excluding hydrogens is 328 g/mol. The van der Waals surface area contributed by atoms with Crippen LogP contribution in [0.2, 0.25) is 0 Å². The number of carbonyl (C=O) groups is 1. The molecule has 114 valence electrons. The summed E-state index contributed by atoms with van der Waals surface area (Å²) in [6.07, 6.45) is 4.95. The van der Waals surface area contributed by atoms with Crippen molar-refractivity contribution in [1.29, 1.82) is 0 Å². The molecule has 1 aliphatic carbocycles. The number of nitrogens with zero attached hydrogens (tertiary/aromatic N) is 1. The number of rotatable bonds is 4. The normalized spacial score (nSPS) is 19.8. The molecule has 3 rings (SSSR count). The number of aryl methyl sites for hydroxylation is 1. The Morgan fingerprint density at radius 1 is 1.29 bits per heavy atom. The van der Waals surface area contributed by atoms with Crippen LogP contribution >= 0.6 is 15.9 Å². The number of hydrogen-bond acceptors (Lipinski definition) is 2. The number of piperidine rings is 1. The number of hydrogen-bond donors (Lipinski definition) is 1. The van der Waals surface area contributed by atoms with Gasteiger partial charge in [0, 0.05) is 29.2 Å². The van der Waals surface area contributed by atoms with Crippen molar-refractivity contribution in [1.82, 2.24) is 10.2 Å². The van der Waals surface area contributed by atoms with E-state index >= 15 is 0 Å². The zero-order chi connectivity index (χ0) is 14.8. The molecule has 4 heteroatoms. The Kier molecular flexibility index (Phi) is 4.65. The van der Waals surface area contributed by atoms with Crippen molar-refractivity contribution in [3.63, 3.8) is 0 Å². The Labute approximate surface area is 135 Å². The lowest BCUT2D eigenvalue weighted by Gasteiger charge is -2.32. The first-order valence-corrected chi connectivity index (χ1v) is 8.71. The summed E-state index contributed by atoms with van der Waals surface area (Å²) >= 11 is 3.48. The van der Waals surface area contributed by atoms with Crippen LogP contribution in [-0.2, 0) is 0 Å². The monoisotopic (exact) mass is 350 g/mol. The van der Waals surface area contributed by atoms with E-state index in [1.54, 1.807) is 0 Å². The molecule has 21 heavy (non-hydrogen) atoms. The molecule has 1 saturated carbocycles. The van der Waals surface area contributed by atoms with Crippen molar-refractivity contribution in [2.45, 2.75) is 38.6 Å². The van der Waals surface area contributed by atoms with Gasteiger partial charge in [0.05, 0.1) is 0 Å². The van der Waals surface area contributed by atoms with Crippen LogP contribution in [0, 0.1) is 12.8 Å². The minimum absolute atomic E-state index is 0.172. The van der Waals surface area contributed by atoms with E-state index in [-0.39, 0.29) is 5.91 Å². The maximum atomic E-state index is 12.5. The van der Waals surface area contributed by atoms with Crippen LogP contribution in [0.4, 0.5) is 0 Å². The van der Waals surface area contributed by atoms with Gasteiger partial charge in [0.15, 0.2) is 0 Å². The first-order valence-electron chi connectivity index (χ1n) is 7.92. The zero-order valence-corrected chi connectivity index (χ0v) is 14.2. The number of carbonyl (C=O) groups excluding carboxylic acids is 1. The van der Waals surface area contributed by atoms with Crippen molar-refractivity contribution in [3.05, 3.63) is 33.8 Å². The maximum Gasteiger partial charge on any atom is 0.253 e.